The van der Waals surface area contributed by atoms with E-state index < -0.39 is 0 Å². The number of carbonyl (C=O) groups excluding carboxylic acids is 1. The fourth-order valence-electron chi connectivity index (χ4n) is 3.26. The van der Waals surface area contributed by atoms with Crippen LogP contribution in [0.5, 0.6) is 0 Å². The van der Waals surface area contributed by atoms with Gasteiger partial charge in [0.1, 0.15) is 0 Å². The highest BCUT2D eigenvalue weighted by atomic mass is 16.1. The zero-order valence-corrected chi connectivity index (χ0v) is 12.7. The van der Waals surface area contributed by atoms with Crippen LogP contribution in [0.3, 0.4) is 0 Å². The number of benzene rings is 3. The van der Waals surface area contributed by atoms with E-state index in [0.29, 0.717) is 6.42 Å². The third-order valence-electron chi connectivity index (χ3n) is 4.33. The molecular weight excluding hydrogens is 280 g/mol. The standard InChI is InChI=1S/C22H16O/c23-22-19-14-8-7-13-18(19)15-20(22)21(16-9-3-1-4-10-16)17-11-5-2-6-12-17/h1-14H,15H2. The molecule has 0 aliphatic heterocycles. The van der Waals surface area contributed by atoms with Gasteiger partial charge in [-0.25, -0.2) is 0 Å². The Morgan fingerprint density at radius 1 is 0.652 bits per heavy atom. The summed E-state index contributed by atoms with van der Waals surface area (Å²) in [4.78, 5) is 12.9. The van der Waals surface area contributed by atoms with Crippen LogP contribution in [-0.2, 0) is 6.42 Å². The van der Waals surface area contributed by atoms with Crippen LogP contribution < -0.4 is 0 Å². The van der Waals surface area contributed by atoms with Gasteiger partial charge in [-0.15, -0.1) is 0 Å². The molecule has 3 aromatic rings. The lowest BCUT2D eigenvalue weighted by Gasteiger charge is -2.12. The van der Waals surface area contributed by atoms with E-state index in [-0.39, 0.29) is 5.78 Å². The molecule has 0 atom stereocenters. The Labute approximate surface area is 135 Å². The first-order valence-corrected chi connectivity index (χ1v) is 7.81. The molecule has 0 radical (unpaired) electrons. The second kappa shape index (κ2) is 5.69. The molecule has 0 saturated carbocycles. The predicted molar refractivity (Wildman–Crippen MR) is 93.4 cm³/mol. The van der Waals surface area contributed by atoms with Crippen molar-refractivity contribution in [2.75, 3.05) is 0 Å². The van der Waals surface area contributed by atoms with E-state index >= 15 is 0 Å². The summed E-state index contributed by atoms with van der Waals surface area (Å²) in [6, 6.07) is 28.3. The van der Waals surface area contributed by atoms with Crippen molar-refractivity contribution in [2.45, 2.75) is 6.42 Å². The highest BCUT2D eigenvalue weighted by molar-refractivity contribution is 6.18. The summed E-state index contributed by atoms with van der Waals surface area (Å²) in [6.45, 7) is 0. The summed E-state index contributed by atoms with van der Waals surface area (Å²) in [7, 11) is 0. The van der Waals surface area contributed by atoms with E-state index in [1.54, 1.807) is 0 Å². The fourth-order valence-corrected chi connectivity index (χ4v) is 3.26. The first-order chi connectivity index (χ1) is 11.3. The van der Waals surface area contributed by atoms with Gasteiger partial charge in [-0.1, -0.05) is 84.9 Å². The monoisotopic (exact) mass is 296 g/mol. The lowest BCUT2D eigenvalue weighted by atomic mass is 9.91. The molecule has 0 saturated heterocycles. The number of allylic oxidation sites excluding steroid dienone is 1. The maximum absolute atomic E-state index is 12.9. The Morgan fingerprint density at radius 3 is 1.74 bits per heavy atom. The zero-order chi connectivity index (χ0) is 15.6. The van der Waals surface area contributed by atoms with Crippen molar-refractivity contribution < 1.29 is 4.79 Å². The van der Waals surface area contributed by atoms with Crippen molar-refractivity contribution >= 4 is 11.4 Å². The minimum absolute atomic E-state index is 0.156. The molecule has 4 rings (SSSR count). The number of rotatable bonds is 2. The molecular formula is C22H16O. The van der Waals surface area contributed by atoms with Gasteiger partial charge in [-0.05, 0) is 22.3 Å². The summed E-state index contributed by atoms with van der Waals surface area (Å²) in [5, 5.41) is 0. The van der Waals surface area contributed by atoms with Crippen LogP contribution in [-0.4, -0.2) is 5.78 Å². The van der Waals surface area contributed by atoms with Gasteiger partial charge < -0.3 is 0 Å². The van der Waals surface area contributed by atoms with E-state index in [1.807, 2.05) is 60.7 Å². The third kappa shape index (κ3) is 2.40. The van der Waals surface area contributed by atoms with E-state index in [2.05, 4.69) is 24.3 Å². The molecule has 0 N–H and O–H groups in total. The number of hydrogen-bond acceptors (Lipinski definition) is 1. The van der Waals surface area contributed by atoms with Crippen LogP contribution in [0.25, 0.3) is 5.57 Å². The van der Waals surface area contributed by atoms with E-state index in [1.165, 1.54) is 0 Å². The van der Waals surface area contributed by atoms with Crippen molar-refractivity contribution in [3.63, 3.8) is 0 Å². The molecule has 1 aliphatic carbocycles. The van der Waals surface area contributed by atoms with E-state index in [0.717, 1.165) is 33.4 Å². The maximum Gasteiger partial charge on any atom is 0.190 e. The van der Waals surface area contributed by atoms with Gasteiger partial charge in [-0.2, -0.15) is 0 Å². The van der Waals surface area contributed by atoms with Crippen molar-refractivity contribution in [1.29, 1.82) is 0 Å². The third-order valence-corrected chi connectivity index (χ3v) is 4.33. The summed E-state index contributed by atoms with van der Waals surface area (Å²) in [5.74, 6) is 0.156. The molecule has 0 heterocycles. The normalized spacial score (nSPS) is 13.0. The van der Waals surface area contributed by atoms with Crippen LogP contribution in [0.4, 0.5) is 0 Å². The van der Waals surface area contributed by atoms with Crippen molar-refractivity contribution in [3.8, 4) is 0 Å². The Bertz CT molecular complexity index is 848. The summed E-state index contributed by atoms with van der Waals surface area (Å²) >= 11 is 0. The van der Waals surface area contributed by atoms with Gasteiger partial charge in [0.15, 0.2) is 5.78 Å². The number of ketones is 1. The summed E-state index contributed by atoms with van der Waals surface area (Å²) in [5.41, 5.74) is 6.09. The lowest BCUT2D eigenvalue weighted by molar-refractivity contribution is 0.104. The molecule has 110 valence electrons. The van der Waals surface area contributed by atoms with E-state index in [9.17, 15) is 4.79 Å². The van der Waals surface area contributed by atoms with Crippen molar-refractivity contribution in [3.05, 3.63) is 113 Å². The predicted octanol–water partition coefficient (Wildman–Crippen LogP) is 4.93. The minimum atomic E-state index is 0.156. The zero-order valence-electron chi connectivity index (χ0n) is 12.7. The van der Waals surface area contributed by atoms with Crippen molar-refractivity contribution in [1.82, 2.24) is 0 Å². The number of carbonyl (C=O) groups is 1. The van der Waals surface area contributed by atoms with Crippen LogP contribution in [0.1, 0.15) is 27.0 Å². The average molecular weight is 296 g/mol. The van der Waals surface area contributed by atoms with Crippen LogP contribution >= 0.6 is 0 Å². The Kier molecular flexibility index (Phi) is 3.39. The first kappa shape index (κ1) is 13.7. The molecule has 0 unspecified atom stereocenters. The molecule has 0 amide bonds. The van der Waals surface area contributed by atoms with E-state index in [4.69, 9.17) is 0 Å². The largest absolute Gasteiger partial charge is 0.289 e. The number of hydrogen-bond donors (Lipinski definition) is 0. The Hall–Kier alpha value is -2.93. The molecule has 1 heteroatoms. The molecule has 1 nitrogen and oxygen atoms in total. The molecule has 3 aromatic carbocycles. The van der Waals surface area contributed by atoms with Gasteiger partial charge in [0.25, 0.3) is 0 Å². The van der Waals surface area contributed by atoms with Gasteiger partial charge in [-0.3, -0.25) is 4.79 Å². The van der Waals surface area contributed by atoms with Crippen LogP contribution in [0.15, 0.2) is 90.5 Å². The van der Waals surface area contributed by atoms with Gasteiger partial charge in [0.2, 0.25) is 0 Å². The van der Waals surface area contributed by atoms with Crippen LogP contribution in [0.2, 0.25) is 0 Å². The number of fused-ring (bicyclic) bond motifs is 1. The molecule has 23 heavy (non-hydrogen) atoms. The fraction of sp³-hybridized carbons (Fsp3) is 0.0455. The Balaban J connectivity index is 1.96. The van der Waals surface area contributed by atoms with Crippen LogP contribution in [0, 0.1) is 0 Å². The molecule has 0 fully saturated rings. The Morgan fingerprint density at radius 2 is 1.17 bits per heavy atom. The van der Waals surface area contributed by atoms with Crippen molar-refractivity contribution in [2.24, 2.45) is 0 Å². The van der Waals surface area contributed by atoms with Gasteiger partial charge in [0.05, 0.1) is 0 Å². The lowest BCUT2D eigenvalue weighted by Crippen LogP contribution is -2.01. The second-order valence-electron chi connectivity index (χ2n) is 5.75. The topological polar surface area (TPSA) is 17.1 Å². The SMILES string of the molecule is O=C1C(=C(c2ccccc2)c2ccccc2)Cc2ccccc21. The molecule has 0 spiro atoms. The quantitative estimate of drug-likeness (QED) is 0.613. The molecule has 1 aliphatic rings. The van der Waals surface area contributed by atoms with Gasteiger partial charge in [0, 0.05) is 17.6 Å². The highest BCUT2D eigenvalue weighted by Crippen LogP contribution is 2.35. The smallest absolute Gasteiger partial charge is 0.190 e. The number of Topliss-reactive ketones (excluding diaryl/α,β-unsaturated/α-hetero) is 1. The second-order valence-corrected chi connectivity index (χ2v) is 5.75. The minimum Gasteiger partial charge on any atom is -0.289 e. The average Bonchev–Trinajstić information content (AvgIpc) is 2.94. The maximum atomic E-state index is 12.9. The highest BCUT2D eigenvalue weighted by Gasteiger charge is 2.28. The first-order valence-electron chi connectivity index (χ1n) is 7.81. The molecule has 0 bridgehead atoms. The van der Waals surface area contributed by atoms with Gasteiger partial charge >= 0.3 is 0 Å². The summed E-state index contributed by atoms with van der Waals surface area (Å²) in [6.07, 6.45) is 0.703. The summed E-state index contributed by atoms with van der Waals surface area (Å²) < 4.78 is 0. The molecule has 0 aromatic heterocycles.